The number of nitrogens with one attached hydrogen (secondary N) is 2. The average molecular weight is 293 g/mol. The molecule has 0 heterocycles. The minimum Gasteiger partial charge on any atom is -0.495 e. The SMILES string of the molecule is CCC(N)(CC)C(=O)Nc1cc(NC(C)=O)ccc1OC. The van der Waals surface area contributed by atoms with E-state index in [9.17, 15) is 9.59 Å². The zero-order chi connectivity index (χ0) is 16.0. The quantitative estimate of drug-likeness (QED) is 0.749. The molecule has 0 saturated carbocycles. The second-order valence-electron chi connectivity index (χ2n) is 4.91. The molecule has 0 aliphatic rings. The van der Waals surface area contributed by atoms with Crippen LogP contribution in [0.3, 0.4) is 0 Å². The second kappa shape index (κ2) is 7.08. The normalized spacial score (nSPS) is 10.9. The van der Waals surface area contributed by atoms with E-state index in [-0.39, 0.29) is 11.8 Å². The number of carbonyl (C=O) groups is 2. The third-order valence-corrected chi connectivity index (χ3v) is 3.48. The first-order chi connectivity index (χ1) is 9.86. The molecule has 0 unspecified atom stereocenters. The minimum atomic E-state index is -0.922. The lowest BCUT2D eigenvalue weighted by atomic mass is 9.93. The van der Waals surface area contributed by atoms with Crippen molar-refractivity contribution in [2.45, 2.75) is 39.2 Å². The van der Waals surface area contributed by atoms with Crippen LogP contribution < -0.4 is 21.1 Å². The molecule has 0 spiro atoms. The Morgan fingerprint density at radius 1 is 1.24 bits per heavy atom. The van der Waals surface area contributed by atoms with Crippen LogP contribution in [-0.2, 0) is 9.59 Å². The van der Waals surface area contributed by atoms with Gasteiger partial charge in [-0.05, 0) is 31.0 Å². The highest BCUT2D eigenvalue weighted by molar-refractivity contribution is 6.00. The first-order valence-electron chi connectivity index (χ1n) is 6.92. The van der Waals surface area contributed by atoms with Crippen LogP contribution >= 0.6 is 0 Å². The number of carbonyl (C=O) groups excluding carboxylic acids is 2. The molecule has 0 radical (unpaired) electrons. The summed E-state index contributed by atoms with van der Waals surface area (Å²) in [6.45, 7) is 5.16. The van der Waals surface area contributed by atoms with E-state index in [0.717, 1.165) is 0 Å². The molecular weight excluding hydrogens is 270 g/mol. The average Bonchev–Trinajstić information content (AvgIpc) is 2.46. The van der Waals surface area contributed by atoms with Gasteiger partial charge in [-0.1, -0.05) is 13.8 Å². The fourth-order valence-corrected chi connectivity index (χ4v) is 1.90. The summed E-state index contributed by atoms with van der Waals surface area (Å²) in [5.74, 6) is 0.0468. The lowest BCUT2D eigenvalue weighted by molar-refractivity contribution is -0.121. The van der Waals surface area contributed by atoms with Crippen LogP contribution in [0.2, 0.25) is 0 Å². The van der Waals surface area contributed by atoms with Crippen LogP contribution in [0.4, 0.5) is 11.4 Å². The summed E-state index contributed by atoms with van der Waals surface area (Å²) in [6.07, 6.45) is 1.06. The predicted octanol–water partition coefficient (Wildman–Crippen LogP) is 2.11. The van der Waals surface area contributed by atoms with Crippen molar-refractivity contribution in [1.82, 2.24) is 0 Å². The van der Waals surface area contributed by atoms with Gasteiger partial charge in [-0.3, -0.25) is 9.59 Å². The van der Waals surface area contributed by atoms with E-state index < -0.39 is 5.54 Å². The van der Waals surface area contributed by atoms with Gasteiger partial charge in [0, 0.05) is 12.6 Å². The molecule has 116 valence electrons. The molecule has 0 aliphatic carbocycles. The predicted molar refractivity (Wildman–Crippen MR) is 83.4 cm³/mol. The van der Waals surface area contributed by atoms with Crippen LogP contribution in [0.5, 0.6) is 5.75 Å². The van der Waals surface area contributed by atoms with Crippen molar-refractivity contribution in [3.8, 4) is 5.75 Å². The summed E-state index contributed by atoms with van der Waals surface area (Å²) in [5.41, 5.74) is 6.21. The molecule has 21 heavy (non-hydrogen) atoms. The largest absolute Gasteiger partial charge is 0.495 e. The molecule has 0 fully saturated rings. The van der Waals surface area contributed by atoms with Crippen molar-refractivity contribution in [3.05, 3.63) is 18.2 Å². The Hall–Kier alpha value is -2.08. The van der Waals surface area contributed by atoms with Crippen LogP contribution in [-0.4, -0.2) is 24.5 Å². The third kappa shape index (κ3) is 4.19. The van der Waals surface area contributed by atoms with Crippen molar-refractivity contribution < 1.29 is 14.3 Å². The van der Waals surface area contributed by atoms with Gasteiger partial charge in [0.1, 0.15) is 5.75 Å². The maximum atomic E-state index is 12.3. The van der Waals surface area contributed by atoms with Crippen molar-refractivity contribution in [2.24, 2.45) is 5.73 Å². The van der Waals surface area contributed by atoms with Gasteiger partial charge in [-0.25, -0.2) is 0 Å². The Balaban J connectivity index is 3.05. The summed E-state index contributed by atoms with van der Waals surface area (Å²) in [4.78, 5) is 23.4. The van der Waals surface area contributed by atoms with Gasteiger partial charge in [0.25, 0.3) is 0 Å². The van der Waals surface area contributed by atoms with Gasteiger partial charge < -0.3 is 21.1 Å². The Labute approximate surface area is 125 Å². The highest BCUT2D eigenvalue weighted by Gasteiger charge is 2.30. The molecule has 1 rings (SSSR count). The first kappa shape index (κ1) is 17.0. The van der Waals surface area contributed by atoms with E-state index in [1.165, 1.54) is 14.0 Å². The van der Waals surface area contributed by atoms with Gasteiger partial charge in [-0.15, -0.1) is 0 Å². The van der Waals surface area contributed by atoms with Gasteiger partial charge >= 0.3 is 0 Å². The van der Waals surface area contributed by atoms with Crippen molar-refractivity contribution in [3.63, 3.8) is 0 Å². The van der Waals surface area contributed by atoms with Crippen LogP contribution in [0.15, 0.2) is 18.2 Å². The number of methoxy groups -OCH3 is 1. The Morgan fingerprint density at radius 3 is 2.33 bits per heavy atom. The summed E-state index contributed by atoms with van der Waals surface area (Å²) >= 11 is 0. The van der Waals surface area contributed by atoms with Gasteiger partial charge in [-0.2, -0.15) is 0 Å². The second-order valence-corrected chi connectivity index (χ2v) is 4.91. The molecule has 1 aromatic rings. The Morgan fingerprint density at radius 2 is 1.86 bits per heavy atom. The topological polar surface area (TPSA) is 93.5 Å². The minimum absolute atomic E-state index is 0.187. The molecule has 0 saturated heterocycles. The summed E-state index contributed by atoms with van der Waals surface area (Å²) < 4.78 is 5.22. The summed E-state index contributed by atoms with van der Waals surface area (Å²) in [6, 6.07) is 5.02. The maximum Gasteiger partial charge on any atom is 0.244 e. The number of benzene rings is 1. The van der Waals surface area contributed by atoms with E-state index in [1.54, 1.807) is 18.2 Å². The zero-order valence-corrected chi connectivity index (χ0v) is 12.9. The molecule has 1 aromatic carbocycles. The molecule has 0 aromatic heterocycles. The smallest absolute Gasteiger partial charge is 0.244 e. The fraction of sp³-hybridized carbons (Fsp3) is 0.467. The molecule has 4 N–H and O–H groups in total. The van der Waals surface area contributed by atoms with Crippen LogP contribution in [0.25, 0.3) is 0 Å². The lowest BCUT2D eigenvalue weighted by Crippen LogP contribution is -2.50. The van der Waals surface area contributed by atoms with E-state index in [2.05, 4.69) is 10.6 Å². The van der Waals surface area contributed by atoms with E-state index in [1.807, 2.05) is 13.8 Å². The summed E-state index contributed by atoms with van der Waals surface area (Å²) in [7, 11) is 1.51. The molecular formula is C15H23N3O3. The molecule has 0 atom stereocenters. The number of hydrogen-bond donors (Lipinski definition) is 3. The molecule has 6 heteroatoms. The molecule has 2 amide bonds. The van der Waals surface area contributed by atoms with Crippen molar-refractivity contribution >= 4 is 23.2 Å². The van der Waals surface area contributed by atoms with Gasteiger partial charge in [0.15, 0.2) is 0 Å². The number of anilines is 2. The molecule has 0 aliphatic heterocycles. The van der Waals surface area contributed by atoms with Crippen LogP contribution in [0.1, 0.15) is 33.6 Å². The number of rotatable bonds is 6. The standard InChI is InChI=1S/C15H23N3O3/c1-5-15(16,6-2)14(20)18-12-9-11(17-10(3)19)7-8-13(12)21-4/h7-9H,5-6,16H2,1-4H3,(H,17,19)(H,18,20). The lowest BCUT2D eigenvalue weighted by Gasteiger charge is -2.25. The van der Waals surface area contributed by atoms with E-state index in [4.69, 9.17) is 10.5 Å². The third-order valence-electron chi connectivity index (χ3n) is 3.48. The highest BCUT2D eigenvalue weighted by Crippen LogP contribution is 2.29. The first-order valence-corrected chi connectivity index (χ1v) is 6.92. The maximum absolute atomic E-state index is 12.3. The van der Waals surface area contributed by atoms with Gasteiger partial charge in [0.05, 0.1) is 18.3 Å². The monoisotopic (exact) mass is 293 g/mol. The van der Waals surface area contributed by atoms with Gasteiger partial charge in [0.2, 0.25) is 11.8 Å². The Kier molecular flexibility index (Phi) is 5.72. The van der Waals surface area contributed by atoms with E-state index in [0.29, 0.717) is 30.0 Å². The zero-order valence-electron chi connectivity index (χ0n) is 12.9. The fourth-order valence-electron chi connectivity index (χ4n) is 1.90. The van der Waals surface area contributed by atoms with Crippen molar-refractivity contribution in [1.29, 1.82) is 0 Å². The van der Waals surface area contributed by atoms with Crippen molar-refractivity contribution in [2.75, 3.05) is 17.7 Å². The van der Waals surface area contributed by atoms with E-state index >= 15 is 0 Å². The molecule has 6 nitrogen and oxygen atoms in total. The highest BCUT2D eigenvalue weighted by atomic mass is 16.5. The molecule has 0 bridgehead atoms. The van der Waals surface area contributed by atoms with Crippen LogP contribution in [0, 0.1) is 0 Å². The number of hydrogen-bond acceptors (Lipinski definition) is 4. The number of ether oxygens (including phenoxy) is 1. The number of nitrogens with two attached hydrogens (primary N) is 1. The number of amides is 2. The Bertz CT molecular complexity index is 525. The summed E-state index contributed by atoms with van der Waals surface area (Å²) in [5, 5.41) is 5.44.